The molecule has 6 nitrogen and oxygen atoms in total. The second-order valence-corrected chi connectivity index (χ2v) is 11.8. The third-order valence-corrected chi connectivity index (χ3v) is 10.7. The lowest BCUT2D eigenvalue weighted by molar-refractivity contribution is -0.190. The van der Waals surface area contributed by atoms with Crippen LogP contribution in [-0.4, -0.2) is 36.2 Å². The van der Waals surface area contributed by atoms with E-state index in [9.17, 15) is 14.4 Å². The van der Waals surface area contributed by atoms with E-state index in [2.05, 4.69) is 20.8 Å². The Kier molecular flexibility index (Phi) is 6.61. The summed E-state index contributed by atoms with van der Waals surface area (Å²) in [4.78, 5) is 33.6. The standard InChI is InChI=1S/C26H40O6/c1-16(4-7-23(29)30)19-5-6-20-24-21(9-11-26(19,20)3)25(2)10-8-18(31-14-27)12-17(25)13-22(24)32-15-28/h14-22,24H,4-13H2,1-3H3,(H,29,30)/t16-,17+,18-,19-,20+,21+,22-,24+,25+,26-/m1/s1. The number of carbonyl (C=O) groups is 3. The summed E-state index contributed by atoms with van der Waals surface area (Å²) < 4.78 is 11.1. The number of hydrogen-bond acceptors (Lipinski definition) is 5. The molecule has 0 spiro atoms. The van der Waals surface area contributed by atoms with Gasteiger partial charge in [0.15, 0.2) is 0 Å². The molecule has 10 atom stereocenters. The van der Waals surface area contributed by atoms with Crippen LogP contribution in [0.3, 0.4) is 0 Å². The minimum absolute atomic E-state index is 0.0150. The van der Waals surface area contributed by atoms with Crippen molar-refractivity contribution in [1.29, 1.82) is 0 Å². The minimum Gasteiger partial charge on any atom is -0.481 e. The van der Waals surface area contributed by atoms with Crippen molar-refractivity contribution >= 4 is 18.9 Å². The van der Waals surface area contributed by atoms with E-state index in [0.717, 1.165) is 51.4 Å². The van der Waals surface area contributed by atoms with Gasteiger partial charge >= 0.3 is 5.97 Å². The number of hydrogen-bond donors (Lipinski definition) is 1. The van der Waals surface area contributed by atoms with Crippen molar-refractivity contribution in [2.75, 3.05) is 0 Å². The number of carboxylic acids is 1. The van der Waals surface area contributed by atoms with Gasteiger partial charge in [-0.2, -0.15) is 0 Å². The first kappa shape index (κ1) is 23.6. The molecule has 0 bridgehead atoms. The van der Waals surface area contributed by atoms with Crippen LogP contribution in [0.4, 0.5) is 0 Å². The third-order valence-electron chi connectivity index (χ3n) is 10.7. The van der Waals surface area contributed by atoms with E-state index in [4.69, 9.17) is 14.6 Å². The highest BCUT2D eigenvalue weighted by Gasteiger charge is 2.63. The summed E-state index contributed by atoms with van der Waals surface area (Å²) in [7, 11) is 0. The van der Waals surface area contributed by atoms with Crippen molar-refractivity contribution in [2.45, 2.75) is 97.2 Å². The zero-order chi connectivity index (χ0) is 23.1. The number of aliphatic carboxylic acids is 1. The van der Waals surface area contributed by atoms with Gasteiger partial charge in [-0.1, -0.05) is 20.8 Å². The van der Waals surface area contributed by atoms with E-state index in [-0.39, 0.29) is 29.5 Å². The summed E-state index contributed by atoms with van der Waals surface area (Å²) in [6.07, 6.45) is 9.23. The fourth-order valence-corrected chi connectivity index (χ4v) is 9.10. The molecule has 1 N–H and O–H groups in total. The topological polar surface area (TPSA) is 89.9 Å². The van der Waals surface area contributed by atoms with Crippen LogP contribution in [0, 0.1) is 46.3 Å². The molecule has 0 aromatic rings. The fourth-order valence-electron chi connectivity index (χ4n) is 9.10. The lowest BCUT2D eigenvalue weighted by Crippen LogP contribution is -2.59. The molecule has 6 heteroatoms. The van der Waals surface area contributed by atoms with Gasteiger partial charge in [0.05, 0.1) is 0 Å². The van der Waals surface area contributed by atoms with Crippen LogP contribution >= 0.6 is 0 Å². The Morgan fingerprint density at radius 2 is 1.69 bits per heavy atom. The van der Waals surface area contributed by atoms with Crippen LogP contribution in [0.5, 0.6) is 0 Å². The van der Waals surface area contributed by atoms with Crippen LogP contribution in [0.2, 0.25) is 0 Å². The first-order valence-electron chi connectivity index (χ1n) is 12.6. The molecule has 0 radical (unpaired) electrons. The number of ether oxygens (including phenoxy) is 2. The maximum Gasteiger partial charge on any atom is 0.303 e. The maximum absolute atomic E-state index is 11.5. The number of carbonyl (C=O) groups excluding carboxylic acids is 2. The molecule has 4 saturated carbocycles. The fraction of sp³-hybridized carbons (Fsp3) is 0.885. The molecule has 32 heavy (non-hydrogen) atoms. The minimum atomic E-state index is -0.708. The average Bonchev–Trinajstić information content (AvgIpc) is 3.10. The van der Waals surface area contributed by atoms with Crippen molar-refractivity contribution in [3.63, 3.8) is 0 Å². The summed E-state index contributed by atoms with van der Waals surface area (Å²) in [6.45, 7) is 8.33. The van der Waals surface area contributed by atoms with Crippen LogP contribution in [0.15, 0.2) is 0 Å². The summed E-state index contributed by atoms with van der Waals surface area (Å²) in [5, 5.41) is 9.16. The van der Waals surface area contributed by atoms with Crippen molar-refractivity contribution in [3.05, 3.63) is 0 Å². The number of rotatable bonds is 8. The van der Waals surface area contributed by atoms with Gasteiger partial charge in [-0.3, -0.25) is 14.4 Å². The zero-order valence-electron chi connectivity index (χ0n) is 19.8. The molecule has 0 aliphatic heterocycles. The Balaban J connectivity index is 1.58. The summed E-state index contributed by atoms with van der Waals surface area (Å²) >= 11 is 0. The van der Waals surface area contributed by atoms with Crippen LogP contribution in [0.1, 0.15) is 85.0 Å². The summed E-state index contributed by atoms with van der Waals surface area (Å²) in [5.74, 6) is 2.04. The van der Waals surface area contributed by atoms with E-state index < -0.39 is 5.97 Å². The van der Waals surface area contributed by atoms with Crippen LogP contribution in [-0.2, 0) is 23.9 Å². The SMILES string of the molecule is C[C@H](CCC(=O)O)[C@H]1CC[C@H]2[C@@H]3[C@H](OC=O)C[C@@H]4C[C@H](OC=O)CC[C@]4(C)[C@H]3CC[C@]12C. The van der Waals surface area contributed by atoms with Crippen molar-refractivity contribution in [1.82, 2.24) is 0 Å². The van der Waals surface area contributed by atoms with E-state index in [1.165, 1.54) is 6.42 Å². The molecule has 0 heterocycles. The molecule has 0 saturated heterocycles. The van der Waals surface area contributed by atoms with Gasteiger partial charge in [0.25, 0.3) is 12.9 Å². The second-order valence-electron chi connectivity index (χ2n) is 11.8. The quantitative estimate of drug-likeness (QED) is 0.535. The smallest absolute Gasteiger partial charge is 0.303 e. The molecule has 4 aliphatic carbocycles. The molecule has 4 fully saturated rings. The molecule has 4 rings (SSSR count). The van der Waals surface area contributed by atoms with Gasteiger partial charge in [0.2, 0.25) is 0 Å². The van der Waals surface area contributed by atoms with E-state index >= 15 is 0 Å². The highest BCUT2D eigenvalue weighted by Crippen LogP contribution is 2.68. The van der Waals surface area contributed by atoms with Crippen LogP contribution in [0.25, 0.3) is 0 Å². The van der Waals surface area contributed by atoms with Crippen molar-refractivity contribution in [3.8, 4) is 0 Å². The Morgan fingerprint density at radius 1 is 1.00 bits per heavy atom. The lowest BCUT2D eigenvalue weighted by Gasteiger charge is -2.62. The Labute approximate surface area is 191 Å². The molecular formula is C26H40O6. The van der Waals surface area contributed by atoms with Crippen molar-refractivity contribution < 1.29 is 29.0 Å². The first-order chi connectivity index (χ1) is 15.2. The molecule has 180 valence electrons. The predicted octanol–water partition coefficient (Wildman–Crippen LogP) is 4.84. The summed E-state index contributed by atoms with van der Waals surface area (Å²) in [5.41, 5.74) is 0.384. The monoisotopic (exact) mass is 448 g/mol. The van der Waals surface area contributed by atoms with Crippen molar-refractivity contribution in [2.24, 2.45) is 46.3 Å². The normalized spacial score (nSPS) is 46.2. The molecule has 4 aliphatic rings. The highest BCUT2D eigenvalue weighted by molar-refractivity contribution is 5.66. The third kappa shape index (κ3) is 3.86. The van der Waals surface area contributed by atoms with Gasteiger partial charge in [0.1, 0.15) is 12.2 Å². The van der Waals surface area contributed by atoms with E-state index in [0.29, 0.717) is 48.5 Å². The van der Waals surface area contributed by atoms with E-state index in [1.54, 1.807) is 0 Å². The molecule has 0 aromatic heterocycles. The Bertz CT molecular complexity index is 723. The largest absolute Gasteiger partial charge is 0.481 e. The van der Waals surface area contributed by atoms with E-state index in [1.807, 2.05) is 0 Å². The van der Waals surface area contributed by atoms with Crippen LogP contribution < -0.4 is 0 Å². The highest BCUT2D eigenvalue weighted by atomic mass is 16.5. The van der Waals surface area contributed by atoms with Gasteiger partial charge in [-0.25, -0.2) is 0 Å². The molecule has 0 aromatic carbocycles. The number of carboxylic acid groups (broad SMARTS) is 1. The molecule has 0 amide bonds. The molecule has 0 unspecified atom stereocenters. The molecular weight excluding hydrogens is 408 g/mol. The second kappa shape index (κ2) is 8.98. The van der Waals surface area contributed by atoms with Gasteiger partial charge in [-0.15, -0.1) is 0 Å². The summed E-state index contributed by atoms with van der Waals surface area (Å²) in [6, 6.07) is 0. The Morgan fingerprint density at radius 3 is 2.38 bits per heavy atom. The maximum atomic E-state index is 11.5. The van der Waals surface area contributed by atoms with Gasteiger partial charge in [-0.05, 0) is 98.2 Å². The van der Waals surface area contributed by atoms with Gasteiger partial charge in [0, 0.05) is 12.3 Å². The Hall–Kier alpha value is -1.59. The lowest BCUT2D eigenvalue weighted by atomic mass is 9.43. The van der Waals surface area contributed by atoms with Gasteiger partial charge < -0.3 is 14.6 Å². The predicted molar refractivity (Wildman–Crippen MR) is 119 cm³/mol. The zero-order valence-corrected chi connectivity index (χ0v) is 19.8. The number of fused-ring (bicyclic) bond motifs is 5. The first-order valence-corrected chi connectivity index (χ1v) is 12.6. The average molecular weight is 449 g/mol.